The van der Waals surface area contributed by atoms with Gasteiger partial charge in [-0.05, 0) is 24.6 Å². The predicted octanol–water partition coefficient (Wildman–Crippen LogP) is 3.89. The molecule has 0 saturated heterocycles. The fraction of sp³-hybridized carbons (Fsp3) is 0.368. The number of nitrogens with one attached hydrogen (secondary N) is 2. The summed E-state index contributed by atoms with van der Waals surface area (Å²) in [6, 6.07) is 10.8. The maximum absolute atomic E-state index is 12.2. The molecule has 0 fully saturated rings. The molecule has 0 aliphatic carbocycles. The summed E-state index contributed by atoms with van der Waals surface area (Å²) < 4.78 is 47.8. The van der Waals surface area contributed by atoms with Gasteiger partial charge in [-0.3, -0.25) is 4.99 Å². The number of hydrogen-bond acceptors (Lipinski definition) is 4. The van der Waals surface area contributed by atoms with Gasteiger partial charge in [-0.25, -0.2) is 4.98 Å². The number of aliphatic imine (C=N–C) groups is 1. The van der Waals surface area contributed by atoms with Crippen LogP contribution in [0.3, 0.4) is 0 Å². The fourth-order valence-corrected chi connectivity index (χ4v) is 2.23. The Labute approximate surface area is 161 Å². The lowest BCUT2D eigenvalue weighted by molar-refractivity contribution is -0.132. The van der Waals surface area contributed by atoms with Crippen molar-refractivity contribution in [2.75, 3.05) is 20.2 Å². The Morgan fingerprint density at radius 2 is 1.86 bits per heavy atom. The average molecular weight is 396 g/mol. The number of guanidine groups is 1. The lowest BCUT2D eigenvalue weighted by atomic mass is 10.3. The summed E-state index contributed by atoms with van der Waals surface area (Å²) >= 11 is 0. The molecule has 1 aromatic carbocycles. The first kappa shape index (κ1) is 21.3. The second kappa shape index (κ2) is 10.4. The van der Waals surface area contributed by atoms with Crippen molar-refractivity contribution < 1.29 is 22.6 Å². The molecule has 0 spiro atoms. The first-order valence-electron chi connectivity index (χ1n) is 8.77. The average Bonchev–Trinajstić information content (AvgIpc) is 2.66. The number of pyridine rings is 1. The van der Waals surface area contributed by atoms with Crippen LogP contribution in [0.25, 0.3) is 0 Å². The molecule has 0 unspecified atom stereocenters. The summed E-state index contributed by atoms with van der Waals surface area (Å²) in [7, 11) is 1.49. The van der Waals surface area contributed by atoms with E-state index in [0.29, 0.717) is 30.5 Å². The van der Waals surface area contributed by atoms with E-state index in [-0.39, 0.29) is 12.5 Å². The highest BCUT2D eigenvalue weighted by Crippen LogP contribution is 2.30. The zero-order valence-corrected chi connectivity index (χ0v) is 15.7. The number of aromatic nitrogens is 1. The Morgan fingerprint density at radius 3 is 2.46 bits per heavy atom. The van der Waals surface area contributed by atoms with Gasteiger partial charge in [0.05, 0.1) is 13.0 Å². The highest BCUT2D eigenvalue weighted by atomic mass is 19.4. The Bertz CT molecular complexity index is 765. The van der Waals surface area contributed by atoms with Crippen LogP contribution in [0.5, 0.6) is 17.4 Å². The van der Waals surface area contributed by atoms with E-state index in [1.54, 1.807) is 18.3 Å². The van der Waals surface area contributed by atoms with Gasteiger partial charge in [0, 0.05) is 32.4 Å². The van der Waals surface area contributed by atoms with Crippen molar-refractivity contribution >= 4 is 5.96 Å². The van der Waals surface area contributed by atoms with Gasteiger partial charge >= 0.3 is 6.18 Å². The van der Waals surface area contributed by atoms with E-state index in [2.05, 4.69) is 20.6 Å². The third kappa shape index (κ3) is 7.34. The topological polar surface area (TPSA) is 67.8 Å². The molecule has 0 bridgehead atoms. The van der Waals surface area contributed by atoms with E-state index in [1.807, 2.05) is 31.2 Å². The SMILES string of the molecule is CCOc1ccccc1Oc1ccc(CNC(=NC)NCCC(F)(F)F)cn1. The van der Waals surface area contributed by atoms with E-state index in [0.717, 1.165) is 5.56 Å². The smallest absolute Gasteiger partial charge is 0.390 e. The van der Waals surface area contributed by atoms with Gasteiger partial charge in [0.1, 0.15) is 0 Å². The van der Waals surface area contributed by atoms with Crippen LogP contribution in [0.1, 0.15) is 18.9 Å². The maximum atomic E-state index is 12.2. The van der Waals surface area contributed by atoms with E-state index < -0.39 is 12.6 Å². The third-order valence-electron chi connectivity index (χ3n) is 3.55. The summed E-state index contributed by atoms with van der Waals surface area (Å²) in [5, 5.41) is 5.56. The first-order valence-corrected chi connectivity index (χ1v) is 8.77. The number of alkyl halides is 3. The molecule has 2 N–H and O–H groups in total. The minimum absolute atomic E-state index is 0.243. The molecule has 152 valence electrons. The zero-order chi connectivity index (χ0) is 20.4. The second-order valence-corrected chi connectivity index (χ2v) is 5.70. The Balaban J connectivity index is 1.87. The third-order valence-corrected chi connectivity index (χ3v) is 3.55. The van der Waals surface area contributed by atoms with Crippen molar-refractivity contribution in [3.63, 3.8) is 0 Å². The predicted molar refractivity (Wildman–Crippen MR) is 101 cm³/mol. The monoisotopic (exact) mass is 396 g/mol. The Kier molecular flexibility index (Phi) is 7.91. The molecule has 0 aliphatic rings. The second-order valence-electron chi connectivity index (χ2n) is 5.70. The van der Waals surface area contributed by atoms with Crippen LogP contribution in [0, 0.1) is 0 Å². The van der Waals surface area contributed by atoms with Crippen molar-refractivity contribution in [1.82, 2.24) is 15.6 Å². The van der Waals surface area contributed by atoms with Gasteiger partial charge < -0.3 is 20.1 Å². The molecule has 0 amide bonds. The van der Waals surface area contributed by atoms with Gasteiger partial charge in [-0.15, -0.1) is 0 Å². The molecule has 1 heterocycles. The molecule has 6 nitrogen and oxygen atoms in total. The number of benzene rings is 1. The highest BCUT2D eigenvalue weighted by molar-refractivity contribution is 5.79. The number of nitrogens with zero attached hydrogens (tertiary/aromatic N) is 2. The van der Waals surface area contributed by atoms with Crippen LogP contribution < -0.4 is 20.1 Å². The summed E-state index contributed by atoms with van der Waals surface area (Å²) in [4.78, 5) is 8.14. The molecule has 28 heavy (non-hydrogen) atoms. The number of para-hydroxylation sites is 2. The van der Waals surface area contributed by atoms with Crippen molar-refractivity contribution in [3.8, 4) is 17.4 Å². The standard InChI is InChI=1S/C19H23F3N4O2/c1-3-27-15-6-4-5-7-16(15)28-17-9-8-14(12-25-17)13-26-18(23-2)24-11-10-19(20,21)22/h4-9,12H,3,10-11,13H2,1-2H3,(H2,23,24,26). The Morgan fingerprint density at radius 1 is 1.11 bits per heavy atom. The van der Waals surface area contributed by atoms with Gasteiger partial charge in [0.25, 0.3) is 0 Å². The molecule has 2 aromatic rings. The molecule has 0 radical (unpaired) electrons. The quantitative estimate of drug-likeness (QED) is 0.523. The van der Waals surface area contributed by atoms with Crippen molar-refractivity contribution in [2.45, 2.75) is 26.1 Å². The van der Waals surface area contributed by atoms with Crippen molar-refractivity contribution in [1.29, 1.82) is 0 Å². The van der Waals surface area contributed by atoms with Crippen LogP contribution in [0.4, 0.5) is 13.2 Å². The van der Waals surface area contributed by atoms with Crippen LogP contribution in [-0.2, 0) is 6.54 Å². The lowest BCUT2D eigenvalue weighted by Gasteiger charge is -2.13. The summed E-state index contributed by atoms with van der Waals surface area (Å²) in [5.41, 5.74) is 0.823. The van der Waals surface area contributed by atoms with Crippen LogP contribution in [0.15, 0.2) is 47.6 Å². The molecule has 1 aromatic heterocycles. The van der Waals surface area contributed by atoms with Crippen molar-refractivity contribution in [3.05, 3.63) is 48.2 Å². The lowest BCUT2D eigenvalue weighted by Crippen LogP contribution is -2.38. The summed E-state index contributed by atoms with van der Waals surface area (Å²) in [6.45, 7) is 2.53. The summed E-state index contributed by atoms with van der Waals surface area (Å²) in [6.07, 6.45) is -3.51. The Hall–Kier alpha value is -2.97. The minimum Gasteiger partial charge on any atom is -0.490 e. The number of ether oxygens (including phenoxy) is 2. The van der Waals surface area contributed by atoms with E-state index >= 15 is 0 Å². The molecule has 9 heteroatoms. The van der Waals surface area contributed by atoms with Crippen LogP contribution >= 0.6 is 0 Å². The van der Waals surface area contributed by atoms with Gasteiger partial charge in [0.2, 0.25) is 5.88 Å². The zero-order valence-electron chi connectivity index (χ0n) is 15.7. The molecule has 0 saturated carbocycles. The largest absolute Gasteiger partial charge is 0.490 e. The molecular weight excluding hydrogens is 373 g/mol. The van der Waals surface area contributed by atoms with Gasteiger partial charge in [0.15, 0.2) is 17.5 Å². The molecule has 0 atom stereocenters. The molecule has 0 aliphatic heterocycles. The van der Waals surface area contributed by atoms with Gasteiger partial charge in [-0.2, -0.15) is 13.2 Å². The van der Waals surface area contributed by atoms with Crippen LogP contribution in [0.2, 0.25) is 0 Å². The van der Waals surface area contributed by atoms with E-state index in [9.17, 15) is 13.2 Å². The van der Waals surface area contributed by atoms with E-state index in [4.69, 9.17) is 9.47 Å². The normalized spacial score (nSPS) is 11.8. The molecular formula is C19H23F3N4O2. The van der Waals surface area contributed by atoms with Crippen molar-refractivity contribution in [2.24, 2.45) is 4.99 Å². The van der Waals surface area contributed by atoms with E-state index in [1.165, 1.54) is 7.05 Å². The fourth-order valence-electron chi connectivity index (χ4n) is 2.23. The first-order chi connectivity index (χ1) is 13.4. The summed E-state index contributed by atoms with van der Waals surface area (Å²) in [5.74, 6) is 1.89. The number of halogens is 3. The van der Waals surface area contributed by atoms with Gasteiger partial charge in [-0.1, -0.05) is 18.2 Å². The highest BCUT2D eigenvalue weighted by Gasteiger charge is 2.26. The molecule has 2 rings (SSSR count). The number of hydrogen-bond donors (Lipinski definition) is 2. The minimum atomic E-state index is -4.20. The number of rotatable bonds is 8. The maximum Gasteiger partial charge on any atom is 0.390 e. The van der Waals surface area contributed by atoms with Crippen LogP contribution in [-0.4, -0.2) is 37.3 Å².